The molecule has 0 aromatic carbocycles. The fourth-order valence-electron chi connectivity index (χ4n) is 6.28. The van der Waals surface area contributed by atoms with Gasteiger partial charge in [-0.1, -0.05) is 51.4 Å². The maximum atomic E-state index is 11.3. The maximum absolute atomic E-state index is 11.3. The topological polar surface area (TPSA) is 188 Å². The average Bonchev–Trinajstić information content (AvgIpc) is 2.92. The Kier molecular flexibility index (Phi) is 12.7. The molecule has 7 N–H and O–H groups in total. The van der Waals surface area contributed by atoms with Gasteiger partial charge in [-0.3, -0.25) is 0 Å². The lowest BCUT2D eigenvalue weighted by atomic mass is 9.74. The van der Waals surface area contributed by atoms with Crippen molar-refractivity contribution < 1.29 is 55.1 Å². The van der Waals surface area contributed by atoms with Crippen LogP contribution in [0.25, 0.3) is 0 Å². The van der Waals surface area contributed by atoms with Crippen LogP contribution in [0, 0.1) is 11.8 Å². The minimum Gasteiger partial charge on any atom is -0.394 e. The van der Waals surface area contributed by atoms with Crippen LogP contribution in [0.1, 0.15) is 64.2 Å². The van der Waals surface area contributed by atoms with Crippen molar-refractivity contribution in [3.05, 3.63) is 0 Å². The summed E-state index contributed by atoms with van der Waals surface area (Å²) in [5.74, 6) is -1.54. The Hall–Kier alpha value is -1.32. The molecular formula is C25H48N3O10+. The predicted octanol–water partition coefficient (Wildman–Crippen LogP) is 0.211. The fourth-order valence-corrected chi connectivity index (χ4v) is 6.28. The summed E-state index contributed by atoms with van der Waals surface area (Å²) in [6, 6.07) is 0. The standard InChI is InChI=1S/C25H47N3O10/c1-36-13-12-27(28(35)26-34)14-18-16-10-8-6-4-2-3-5-7-9-11-17-22(31)23(32)20(19(15-29)37-17)25(38-18)24(33)21(16)30/h16-25,29-33,35H,2-15H2,1H3/p+1/t16?,17-,18?,19?,20?,21+,22+,23+,24-,25-/m1/s1. The van der Waals surface area contributed by atoms with Crippen LogP contribution in [0.4, 0.5) is 0 Å². The Morgan fingerprint density at radius 2 is 1.47 bits per heavy atom. The number of hydrogen-bond acceptors (Lipinski definition) is 9. The van der Waals surface area contributed by atoms with Crippen molar-refractivity contribution >= 4 is 0 Å². The number of fused-ring (bicyclic) bond motifs is 2. The third-order valence-electron chi connectivity index (χ3n) is 8.45. The molecule has 0 aromatic heterocycles. The van der Waals surface area contributed by atoms with E-state index in [1.165, 1.54) is 12.1 Å². The Morgan fingerprint density at radius 3 is 2.08 bits per heavy atom. The number of aliphatic hydroxyl groups excluding tert-OH is 5. The van der Waals surface area contributed by atoms with Crippen LogP contribution in [0.5, 0.6) is 0 Å². The molecule has 222 valence electrons. The van der Waals surface area contributed by atoms with E-state index in [0.29, 0.717) is 12.8 Å². The molecule has 4 bridgehead atoms. The van der Waals surface area contributed by atoms with Gasteiger partial charge in [0.1, 0.15) is 25.3 Å². The van der Waals surface area contributed by atoms with Gasteiger partial charge in [0.15, 0.2) is 0 Å². The normalized spacial score (nSPS) is 40.0. The van der Waals surface area contributed by atoms with Gasteiger partial charge in [0, 0.05) is 18.9 Å². The van der Waals surface area contributed by atoms with Gasteiger partial charge in [-0.05, 0) is 12.8 Å². The SMILES string of the molecule is COCCN(CC1O[C@@H]2C3C(CO)O[C@H](CCCCCCCCCCC1[C@H](O)[C@H]2O)[C@H](O)[C@H]3O)/[N+](O)=N/O. The molecule has 13 heteroatoms. The van der Waals surface area contributed by atoms with Crippen LogP contribution in [-0.4, -0.2) is 128 Å². The number of methoxy groups -OCH3 is 1. The first-order valence-electron chi connectivity index (χ1n) is 14.1. The molecule has 0 saturated carbocycles. The molecular weight excluding hydrogens is 502 g/mol. The highest BCUT2D eigenvalue weighted by molar-refractivity contribution is 5.02. The molecule has 0 spiro atoms. The monoisotopic (exact) mass is 550 g/mol. The first-order chi connectivity index (χ1) is 18.3. The molecule has 4 unspecified atom stereocenters. The Balaban J connectivity index is 1.91. The first kappa shape index (κ1) is 31.2. The van der Waals surface area contributed by atoms with E-state index in [1.807, 2.05) is 0 Å². The van der Waals surface area contributed by atoms with Gasteiger partial charge in [-0.25, -0.2) is 5.21 Å². The minimum atomic E-state index is -1.41. The predicted molar refractivity (Wildman–Crippen MR) is 131 cm³/mol. The molecule has 0 radical (unpaired) electrons. The summed E-state index contributed by atoms with van der Waals surface area (Å²) in [4.78, 5) is 0.272. The second kappa shape index (κ2) is 15.5. The Bertz CT molecular complexity index is 717. The molecule has 0 aromatic rings. The number of ether oxygens (including phenoxy) is 3. The highest BCUT2D eigenvalue weighted by Gasteiger charge is 2.55. The maximum Gasteiger partial charge on any atom is 0.271 e. The molecule has 10 atom stereocenters. The molecule has 38 heavy (non-hydrogen) atoms. The van der Waals surface area contributed by atoms with Crippen molar-refractivity contribution in [3.8, 4) is 0 Å². The van der Waals surface area contributed by atoms with Gasteiger partial charge in [0.25, 0.3) is 10.2 Å². The Morgan fingerprint density at radius 1 is 0.842 bits per heavy atom. The van der Waals surface area contributed by atoms with Gasteiger partial charge in [-0.2, -0.15) is 0 Å². The van der Waals surface area contributed by atoms with Gasteiger partial charge in [0.2, 0.25) is 0 Å². The summed E-state index contributed by atoms with van der Waals surface area (Å²) in [5.41, 5.74) is 0. The molecule has 5 aliphatic rings. The van der Waals surface area contributed by atoms with Gasteiger partial charge in [0.05, 0.1) is 49.8 Å². The molecule has 5 saturated heterocycles. The van der Waals surface area contributed by atoms with Crippen LogP contribution in [0.15, 0.2) is 5.28 Å². The lowest BCUT2D eigenvalue weighted by Crippen LogP contribution is -2.66. The summed E-state index contributed by atoms with van der Waals surface area (Å²) in [6.45, 7) is -0.140. The number of hydrazine groups is 1. The van der Waals surface area contributed by atoms with E-state index in [0.717, 1.165) is 51.4 Å². The van der Waals surface area contributed by atoms with E-state index in [9.17, 15) is 30.7 Å². The zero-order chi connectivity index (χ0) is 27.7. The van der Waals surface area contributed by atoms with E-state index in [4.69, 9.17) is 19.4 Å². The van der Waals surface area contributed by atoms with Gasteiger partial charge < -0.3 is 45.0 Å². The lowest BCUT2D eigenvalue weighted by molar-refractivity contribution is -0.941. The quantitative estimate of drug-likeness (QED) is 0.130. The van der Waals surface area contributed by atoms with Crippen LogP contribution < -0.4 is 0 Å². The second-order valence-electron chi connectivity index (χ2n) is 10.9. The van der Waals surface area contributed by atoms with Crippen molar-refractivity contribution in [2.75, 3.05) is 33.4 Å². The van der Waals surface area contributed by atoms with Crippen molar-refractivity contribution in [1.82, 2.24) is 5.01 Å². The summed E-state index contributed by atoms with van der Waals surface area (Å²) >= 11 is 0. The average molecular weight is 551 g/mol. The first-order valence-corrected chi connectivity index (χ1v) is 14.1. The summed E-state index contributed by atoms with van der Waals surface area (Å²) in [6.07, 6.45) is 0.251. The second-order valence-corrected chi connectivity index (χ2v) is 10.9. The lowest BCUT2D eigenvalue weighted by Gasteiger charge is -2.51. The molecule has 0 amide bonds. The van der Waals surface area contributed by atoms with E-state index in [2.05, 4.69) is 5.28 Å². The third-order valence-corrected chi connectivity index (χ3v) is 8.45. The minimum absolute atomic E-state index is 0.0203. The third kappa shape index (κ3) is 7.66. The number of nitrogens with zero attached hydrogens (tertiary/aromatic N) is 3. The van der Waals surface area contributed by atoms with Crippen LogP contribution >= 0.6 is 0 Å². The molecule has 5 heterocycles. The van der Waals surface area contributed by atoms with Crippen LogP contribution in [-0.2, 0) is 14.2 Å². The highest BCUT2D eigenvalue weighted by Crippen LogP contribution is 2.40. The molecule has 13 nitrogen and oxygen atoms in total. The smallest absolute Gasteiger partial charge is 0.271 e. The summed E-state index contributed by atoms with van der Waals surface area (Å²) in [7, 11) is 1.49. The highest BCUT2D eigenvalue weighted by atomic mass is 16.6. The van der Waals surface area contributed by atoms with Crippen molar-refractivity contribution in [3.63, 3.8) is 0 Å². The van der Waals surface area contributed by atoms with Crippen molar-refractivity contribution in [1.29, 1.82) is 0 Å². The molecule has 5 fully saturated rings. The molecule has 5 rings (SSSR count). The van der Waals surface area contributed by atoms with Crippen LogP contribution in [0.3, 0.4) is 0 Å². The van der Waals surface area contributed by atoms with E-state index < -0.39 is 67.3 Å². The summed E-state index contributed by atoms with van der Waals surface area (Å²) in [5, 5.41) is 78.0. The number of aliphatic hydroxyl groups is 5. The van der Waals surface area contributed by atoms with Crippen molar-refractivity contribution in [2.24, 2.45) is 17.1 Å². The van der Waals surface area contributed by atoms with E-state index in [1.54, 1.807) is 0 Å². The Labute approximate surface area is 224 Å². The largest absolute Gasteiger partial charge is 0.394 e. The molecule has 5 aliphatic heterocycles. The number of rotatable bonds is 7. The zero-order valence-electron chi connectivity index (χ0n) is 22.4. The van der Waals surface area contributed by atoms with E-state index in [-0.39, 0.29) is 24.7 Å². The van der Waals surface area contributed by atoms with Crippen molar-refractivity contribution in [2.45, 2.75) is 113 Å². The summed E-state index contributed by atoms with van der Waals surface area (Å²) < 4.78 is 17.5. The van der Waals surface area contributed by atoms with Gasteiger partial charge >= 0.3 is 0 Å². The molecule has 0 aliphatic carbocycles. The number of hydrogen-bond donors (Lipinski definition) is 7. The fraction of sp³-hybridized carbons (Fsp3) is 1.00. The van der Waals surface area contributed by atoms with Gasteiger partial charge in [-0.15, -0.1) is 5.01 Å². The van der Waals surface area contributed by atoms with E-state index >= 15 is 0 Å². The zero-order valence-corrected chi connectivity index (χ0v) is 22.4. The van der Waals surface area contributed by atoms with Crippen LogP contribution in [0.2, 0.25) is 0 Å².